The maximum atomic E-state index is 11.4. The van der Waals surface area contributed by atoms with E-state index in [2.05, 4.69) is 20.0 Å². The first-order valence-electron chi connectivity index (χ1n) is 8.18. The molecule has 0 aromatic carbocycles. The van der Waals surface area contributed by atoms with Crippen LogP contribution in [0.25, 0.3) is 0 Å². The normalized spacial score (nSPS) is 22.1. The third-order valence-electron chi connectivity index (χ3n) is 4.20. The average molecular weight is 336 g/mol. The van der Waals surface area contributed by atoms with E-state index >= 15 is 0 Å². The van der Waals surface area contributed by atoms with Crippen molar-refractivity contribution in [2.45, 2.75) is 0 Å². The molecule has 0 aliphatic carbocycles. The molecule has 5 aliphatic heterocycles. The highest BCUT2D eigenvalue weighted by Crippen LogP contribution is 2.22. The minimum atomic E-state index is 0.536. The van der Waals surface area contributed by atoms with Crippen LogP contribution in [0.1, 0.15) is 0 Å². The van der Waals surface area contributed by atoms with Gasteiger partial charge in [0.15, 0.2) is 6.29 Å². The van der Waals surface area contributed by atoms with Crippen molar-refractivity contribution >= 4 is 29.1 Å². The zero-order valence-corrected chi connectivity index (χ0v) is 13.6. The average Bonchev–Trinajstić information content (AvgIpc) is 3.39. The molecule has 0 radical (unpaired) electrons. The number of carbonyl (C=O) groups is 1. The number of aldehydes is 1. The van der Waals surface area contributed by atoms with E-state index < -0.39 is 0 Å². The Morgan fingerprint density at radius 2 is 1.04 bits per heavy atom. The zero-order valence-electron chi connectivity index (χ0n) is 13.6. The van der Waals surface area contributed by atoms with Crippen LogP contribution in [0.2, 0.25) is 0 Å². The van der Waals surface area contributed by atoms with Gasteiger partial charge in [-0.1, -0.05) is 0 Å². The van der Waals surface area contributed by atoms with Crippen LogP contribution < -0.4 is 0 Å². The van der Waals surface area contributed by atoms with Crippen molar-refractivity contribution in [3.8, 4) is 0 Å². The smallest absolute Gasteiger partial charge is 0.152 e. The van der Waals surface area contributed by atoms with E-state index in [1.807, 2.05) is 60.8 Å². The van der Waals surface area contributed by atoms with Crippen molar-refractivity contribution in [3.05, 3.63) is 95.2 Å². The minimum absolute atomic E-state index is 0.536. The Morgan fingerprint density at radius 3 is 1.58 bits per heavy atom. The van der Waals surface area contributed by atoms with Crippen LogP contribution in [0, 0.1) is 0 Å². The van der Waals surface area contributed by atoms with Crippen molar-refractivity contribution in [1.82, 2.24) is 0 Å². The molecular formula is C21H12N4O. The van der Waals surface area contributed by atoms with E-state index in [-0.39, 0.29) is 0 Å². The van der Waals surface area contributed by atoms with Gasteiger partial charge in [0.25, 0.3) is 0 Å². The first-order chi connectivity index (χ1) is 12.7. The molecule has 0 aromatic heterocycles. The van der Waals surface area contributed by atoms with Gasteiger partial charge in [0, 0.05) is 5.57 Å². The number of hydrogen-bond acceptors (Lipinski definition) is 5. The quantitative estimate of drug-likeness (QED) is 0.678. The molecule has 5 heteroatoms. The van der Waals surface area contributed by atoms with Gasteiger partial charge in [-0.2, -0.15) is 0 Å². The highest BCUT2D eigenvalue weighted by atomic mass is 16.1. The molecule has 5 aliphatic rings. The molecule has 0 atom stereocenters. The van der Waals surface area contributed by atoms with E-state index in [9.17, 15) is 4.79 Å². The maximum Gasteiger partial charge on any atom is 0.152 e. The van der Waals surface area contributed by atoms with Gasteiger partial charge in [-0.3, -0.25) is 4.79 Å². The van der Waals surface area contributed by atoms with Gasteiger partial charge in [-0.05, 0) is 66.8 Å². The predicted octanol–water partition coefficient (Wildman–Crippen LogP) is 3.15. The molecule has 5 nitrogen and oxygen atoms in total. The monoisotopic (exact) mass is 336 g/mol. The lowest BCUT2D eigenvalue weighted by Crippen LogP contribution is -1.97. The first-order valence-corrected chi connectivity index (χ1v) is 8.18. The number of carbonyl (C=O) groups excluding carboxylic acids is 1. The molecule has 5 rings (SSSR count). The first kappa shape index (κ1) is 14.6. The summed E-state index contributed by atoms with van der Waals surface area (Å²) in [4.78, 5) is 29.6. The Hall–Kier alpha value is -3.73. The van der Waals surface area contributed by atoms with Gasteiger partial charge >= 0.3 is 0 Å². The van der Waals surface area contributed by atoms with Crippen molar-refractivity contribution in [1.29, 1.82) is 0 Å². The fourth-order valence-corrected chi connectivity index (χ4v) is 3.01. The lowest BCUT2D eigenvalue weighted by atomic mass is 10.1. The second-order valence-corrected chi connectivity index (χ2v) is 6.10. The van der Waals surface area contributed by atoms with Crippen LogP contribution >= 0.6 is 0 Å². The van der Waals surface area contributed by atoms with E-state index in [0.717, 1.165) is 40.5 Å². The van der Waals surface area contributed by atoms with Crippen LogP contribution in [0.5, 0.6) is 0 Å². The number of fused-ring (bicyclic) bond motifs is 4. The fourth-order valence-electron chi connectivity index (χ4n) is 3.01. The molecule has 0 saturated heterocycles. The topological polar surface area (TPSA) is 66.5 Å². The van der Waals surface area contributed by atoms with Gasteiger partial charge in [0.05, 0.1) is 45.6 Å². The maximum absolute atomic E-state index is 11.4. The van der Waals surface area contributed by atoms with Gasteiger partial charge in [0.1, 0.15) is 0 Å². The van der Waals surface area contributed by atoms with Gasteiger partial charge < -0.3 is 0 Å². The third-order valence-corrected chi connectivity index (χ3v) is 4.20. The van der Waals surface area contributed by atoms with Crippen molar-refractivity contribution < 1.29 is 4.79 Å². The molecule has 0 spiro atoms. The highest BCUT2D eigenvalue weighted by Gasteiger charge is 2.16. The molecule has 0 unspecified atom stereocenters. The summed E-state index contributed by atoms with van der Waals surface area (Å²) >= 11 is 0. The Morgan fingerprint density at radius 1 is 0.538 bits per heavy atom. The summed E-state index contributed by atoms with van der Waals surface area (Å²) in [7, 11) is 0. The molecule has 0 amide bonds. The Labute approximate surface area is 149 Å². The summed E-state index contributed by atoms with van der Waals surface area (Å²) < 4.78 is 0. The third kappa shape index (κ3) is 2.65. The summed E-state index contributed by atoms with van der Waals surface area (Å²) in [6.45, 7) is 0. The number of rotatable bonds is 1. The summed E-state index contributed by atoms with van der Waals surface area (Å²) in [5, 5.41) is 0. The Bertz CT molecular complexity index is 1120. The Balaban J connectivity index is 1.67. The number of nitrogens with zero attached hydrogens (tertiary/aromatic N) is 4. The van der Waals surface area contributed by atoms with Gasteiger partial charge in [-0.25, -0.2) is 20.0 Å². The molecule has 122 valence electrons. The molecule has 8 bridgehead atoms. The summed E-state index contributed by atoms with van der Waals surface area (Å²) in [5.74, 6) is 0. The Kier molecular flexibility index (Phi) is 3.18. The van der Waals surface area contributed by atoms with Crippen LogP contribution in [0.4, 0.5) is 0 Å². The van der Waals surface area contributed by atoms with Crippen LogP contribution in [0.3, 0.4) is 0 Å². The van der Waals surface area contributed by atoms with E-state index in [1.54, 1.807) is 6.08 Å². The molecule has 0 aromatic rings. The second kappa shape index (κ2) is 5.67. The molecular weight excluding hydrogens is 324 g/mol. The fraction of sp³-hybridized carbons (Fsp3) is 0. The van der Waals surface area contributed by atoms with Crippen LogP contribution in [-0.4, -0.2) is 29.1 Å². The molecule has 0 N–H and O–H groups in total. The van der Waals surface area contributed by atoms with Crippen molar-refractivity contribution in [2.75, 3.05) is 0 Å². The van der Waals surface area contributed by atoms with Crippen molar-refractivity contribution in [3.63, 3.8) is 0 Å². The predicted molar refractivity (Wildman–Crippen MR) is 104 cm³/mol. The number of allylic oxidation sites excluding steroid dienone is 12. The highest BCUT2D eigenvalue weighted by molar-refractivity contribution is 6.24. The van der Waals surface area contributed by atoms with Crippen molar-refractivity contribution in [2.24, 2.45) is 20.0 Å². The zero-order chi connectivity index (χ0) is 17.5. The number of aliphatic imine (C=N–C) groups is 4. The van der Waals surface area contributed by atoms with E-state index in [0.29, 0.717) is 17.0 Å². The SMILES string of the molecule is O=CC1=CC2=CC3=NC(=CC4=NC(=CC5=NC(=CC1=N2)C=C5)C=C4)C=C3. The standard InChI is InChI=1S/C21H12N4O/c26-12-13-7-20-10-18-4-3-16(23-18)8-14-1-2-15(22-14)9-17-5-6-19(24-17)11-21(13)25-20/h1-12H. The lowest BCUT2D eigenvalue weighted by molar-refractivity contribution is -0.104. The van der Waals surface area contributed by atoms with E-state index in [4.69, 9.17) is 0 Å². The summed E-state index contributed by atoms with van der Waals surface area (Å²) in [6, 6.07) is 0. The summed E-state index contributed by atoms with van der Waals surface area (Å²) in [6.07, 6.45) is 21.7. The van der Waals surface area contributed by atoms with Gasteiger partial charge in [-0.15, -0.1) is 0 Å². The molecule has 0 saturated carbocycles. The van der Waals surface area contributed by atoms with E-state index in [1.165, 1.54) is 0 Å². The minimum Gasteiger partial charge on any atom is -0.298 e. The summed E-state index contributed by atoms with van der Waals surface area (Å²) in [5.41, 5.74) is 6.71. The number of hydrogen-bond donors (Lipinski definition) is 0. The lowest BCUT2D eigenvalue weighted by Gasteiger charge is -1.95. The molecule has 5 heterocycles. The van der Waals surface area contributed by atoms with Crippen LogP contribution in [0.15, 0.2) is 115 Å². The second-order valence-electron chi connectivity index (χ2n) is 6.10. The molecule has 26 heavy (non-hydrogen) atoms. The van der Waals surface area contributed by atoms with Crippen LogP contribution in [-0.2, 0) is 4.79 Å². The largest absolute Gasteiger partial charge is 0.298 e. The van der Waals surface area contributed by atoms with Gasteiger partial charge in [0.2, 0.25) is 0 Å². The molecule has 0 fully saturated rings.